The molecular weight excluding hydrogens is 242 g/mol. The maximum Gasteiger partial charge on any atom is 0.161 e. The lowest BCUT2D eigenvalue weighted by atomic mass is 10.1. The van der Waals surface area contributed by atoms with Crippen molar-refractivity contribution in [3.05, 3.63) is 29.5 Å². The van der Waals surface area contributed by atoms with Crippen molar-refractivity contribution in [2.24, 2.45) is 5.73 Å². The van der Waals surface area contributed by atoms with Crippen molar-refractivity contribution >= 4 is 0 Å². The molecule has 0 fully saturated rings. The third kappa shape index (κ3) is 2.17. The fourth-order valence-electron chi connectivity index (χ4n) is 2.22. The normalized spacial score (nSPS) is 14.2. The zero-order valence-corrected chi connectivity index (χ0v) is 10.9. The van der Waals surface area contributed by atoms with E-state index in [1.54, 1.807) is 0 Å². The van der Waals surface area contributed by atoms with E-state index in [9.17, 15) is 0 Å². The molecule has 5 nitrogen and oxygen atoms in total. The van der Waals surface area contributed by atoms with Crippen molar-refractivity contribution < 1.29 is 9.47 Å². The minimum Gasteiger partial charge on any atom is -0.490 e. The van der Waals surface area contributed by atoms with E-state index in [0.717, 1.165) is 40.4 Å². The third-order valence-electron chi connectivity index (χ3n) is 3.34. The monoisotopic (exact) mass is 259 g/mol. The summed E-state index contributed by atoms with van der Waals surface area (Å²) in [6.45, 7) is 3.86. The van der Waals surface area contributed by atoms with E-state index in [-0.39, 0.29) is 0 Å². The number of aromatic amines is 1. The second-order valence-corrected chi connectivity index (χ2v) is 4.59. The molecule has 0 atom stereocenters. The maximum absolute atomic E-state index is 5.70. The van der Waals surface area contributed by atoms with Crippen LogP contribution < -0.4 is 15.2 Å². The summed E-state index contributed by atoms with van der Waals surface area (Å²) in [5.41, 5.74) is 9.62. The predicted octanol–water partition coefficient (Wildman–Crippen LogP) is 2.01. The fraction of sp³-hybridized carbons (Fsp3) is 0.357. The Balaban J connectivity index is 2.01. The number of hydrogen-bond donors (Lipinski definition) is 2. The Labute approximate surface area is 111 Å². The van der Waals surface area contributed by atoms with E-state index < -0.39 is 0 Å². The Kier molecular flexibility index (Phi) is 3.13. The summed E-state index contributed by atoms with van der Waals surface area (Å²) in [6.07, 6.45) is 0.906. The summed E-state index contributed by atoms with van der Waals surface area (Å²) >= 11 is 0. The predicted molar refractivity (Wildman–Crippen MR) is 72.3 cm³/mol. The number of nitrogens with two attached hydrogens (primary N) is 1. The minimum absolute atomic E-state index is 0.462. The van der Waals surface area contributed by atoms with Crippen LogP contribution in [0.2, 0.25) is 0 Å². The molecular formula is C14H17N3O2. The van der Waals surface area contributed by atoms with Gasteiger partial charge in [-0.15, -0.1) is 0 Å². The first-order chi connectivity index (χ1) is 9.29. The average molecular weight is 259 g/mol. The molecule has 0 bridgehead atoms. The molecule has 0 saturated carbocycles. The Morgan fingerprint density at radius 2 is 2.05 bits per heavy atom. The minimum atomic E-state index is 0.462. The van der Waals surface area contributed by atoms with E-state index in [4.69, 9.17) is 15.2 Å². The molecule has 1 aromatic heterocycles. The second-order valence-electron chi connectivity index (χ2n) is 4.59. The summed E-state index contributed by atoms with van der Waals surface area (Å²) < 4.78 is 11.3. The van der Waals surface area contributed by atoms with E-state index >= 15 is 0 Å². The summed E-state index contributed by atoms with van der Waals surface area (Å²) in [4.78, 5) is 0. The molecule has 0 amide bonds. The lowest BCUT2D eigenvalue weighted by molar-refractivity contribution is 0.297. The highest BCUT2D eigenvalue weighted by Crippen LogP contribution is 2.34. The van der Waals surface area contributed by atoms with Crippen LogP contribution in [0.4, 0.5) is 0 Å². The molecule has 2 aromatic rings. The summed E-state index contributed by atoms with van der Waals surface area (Å²) in [5, 5.41) is 7.30. The Morgan fingerprint density at radius 3 is 2.79 bits per heavy atom. The molecule has 0 radical (unpaired) electrons. The average Bonchev–Trinajstić information content (AvgIpc) is 2.66. The topological polar surface area (TPSA) is 73.2 Å². The largest absolute Gasteiger partial charge is 0.490 e. The molecule has 19 heavy (non-hydrogen) atoms. The quantitative estimate of drug-likeness (QED) is 0.865. The van der Waals surface area contributed by atoms with Crippen LogP contribution in [-0.4, -0.2) is 23.4 Å². The number of benzene rings is 1. The molecule has 3 N–H and O–H groups in total. The molecule has 3 rings (SSSR count). The summed E-state index contributed by atoms with van der Waals surface area (Å²) in [5.74, 6) is 1.58. The van der Waals surface area contributed by atoms with E-state index in [2.05, 4.69) is 10.2 Å². The van der Waals surface area contributed by atoms with Crippen LogP contribution in [0, 0.1) is 6.92 Å². The van der Waals surface area contributed by atoms with E-state index in [1.165, 1.54) is 0 Å². The van der Waals surface area contributed by atoms with Crippen molar-refractivity contribution in [2.75, 3.05) is 13.2 Å². The van der Waals surface area contributed by atoms with Gasteiger partial charge >= 0.3 is 0 Å². The number of hydrogen-bond acceptors (Lipinski definition) is 4. The van der Waals surface area contributed by atoms with Gasteiger partial charge < -0.3 is 15.2 Å². The van der Waals surface area contributed by atoms with Crippen molar-refractivity contribution in [2.45, 2.75) is 19.9 Å². The van der Waals surface area contributed by atoms with Crippen LogP contribution >= 0.6 is 0 Å². The molecule has 0 spiro atoms. The first-order valence-corrected chi connectivity index (χ1v) is 6.43. The van der Waals surface area contributed by atoms with Gasteiger partial charge in [0.25, 0.3) is 0 Å². The molecule has 2 heterocycles. The van der Waals surface area contributed by atoms with Gasteiger partial charge in [-0.05, 0) is 30.7 Å². The van der Waals surface area contributed by atoms with Crippen LogP contribution in [0.5, 0.6) is 11.5 Å². The van der Waals surface area contributed by atoms with Crippen molar-refractivity contribution in [3.8, 4) is 22.8 Å². The molecule has 1 aromatic carbocycles. The first kappa shape index (κ1) is 12.0. The zero-order valence-electron chi connectivity index (χ0n) is 10.9. The van der Waals surface area contributed by atoms with Crippen LogP contribution in [0.1, 0.15) is 17.7 Å². The summed E-state index contributed by atoms with van der Waals surface area (Å²) in [7, 11) is 0. The molecule has 1 aliphatic heterocycles. The molecule has 0 unspecified atom stereocenters. The van der Waals surface area contributed by atoms with Gasteiger partial charge in [-0.25, -0.2) is 0 Å². The van der Waals surface area contributed by atoms with Crippen LogP contribution in [0.25, 0.3) is 11.3 Å². The molecule has 100 valence electrons. The lowest BCUT2D eigenvalue weighted by Crippen LogP contribution is -1.98. The number of nitrogens with zero attached hydrogens (tertiary/aromatic N) is 1. The highest BCUT2D eigenvalue weighted by molar-refractivity contribution is 5.67. The number of nitrogens with one attached hydrogen (secondary N) is 1. The van der Waals surface area contributed by atoms with Gasteiger partial charge in [0.05, 0.1) is 24.6 Å². The van der Waals surface area contributed by atoms with Crippen LogP contribution in [0.3, 0.4) is 0 Å². The van der Waals surface area contributed by atoms with Crippen LogP contribution in [0.15, 0.2) is 18.2 Å². The number of H-pyrrole nitrogens is 1. The van der Waals surface area contributed by atoms with Crippen molar-refractivity contribution in [1.82, 2.24) is 10.2 Å². The van der Waals surface area contributed by atoms with E-state index in [0.29, 0.717) is 19.8 Å². The Morgan fingerprint density at radius 1 is 1.26 bits per heavy atom. The molecule has 1 aliphatic rings. The number of aromatic nitrogens is 2. The van der Waals surface area contributed by atoms with Gasteiger partial charge in [-0.3, -0.25) is 5.10 Å². The molecule has 5 heteroatoms. The maximum atomic E-state index is 5.70. The SMILES string of the molecule is Cc1c(-c2ccc3c(c2)OCCCO3)n[nH]c1CN. The van der Waals surface area contributed by atoms with Crippen molar-refractivity contribution in [1.29, 1.82) is 0 Å². The number of rotatable bonds is 2. The number of fused-ring (bicyclic) bond motifs is 1. The molecule has 0 saturated heterocycles. The van der Waals surface area contributed by atoms with Gasteiger partial charge in [0.1, 0.15) is 0 Å². The van der Waals surface area contributed by atoms with Crippen molar-refractivity contribution in [3.63, 3.8) is 0 Å². The van der Waals surface area contributed by atoms with E-state index in [1.807, 2.05) is 25.1 Å². The second kappa shape index (κ2) is 4.93. The van der Waals surface area contributed by atoms with Gasteiger partial charge in [0.2, 0.25) is 0 Å². The Hall–Kier alpha value is -2.01. The Bertz CT molecular complexity index is 592. The zero-order chi connectivity index (χ0) is 13.2. The van der Waals surface area contributed by atoms with Gasteiger partial charge in [-0.2, -0.15) is 5.10 Å². The lowest BCUT2D eigenvalue weighted by Gasteiger charge is -2.08. The van der Waals surface area contributed by atoms with Gasteiger partial charge in [0, 0.05) is 18.5 Å². The molecule has 0 aliphatic carbocycles. The summed E-state index contributed by atoms with van der Waals surface area (Å²) in [6, 6.07) is 5.91. The number of ether oxygens (including phenoxy) is 2. The third-order valence-corrected chi connectivity index (χ3v) is 3.34. The van der Waals surface area contributed by atoms with Gasteiger partial charge in [-0.1, -0.05) is 0 Å². The smallest absolute Gasteiger partial charge is 0.161 e. The highest BCUT2D eigenvalue weighted by Gasteiger charge is 2.15. The van der Waals surface area contributed by atoms with Gasteiger partial charge in [0.15, 0.2) is 11.5 Å². The standard InChI is InChI=1S/C14H17N3O2/c1-9-11(8-15)16-17-14(9)10-3-4-12-13(7-10)19-6-2-5-18-12/h3-4,7H,2,5-6,8,15H2,1H3,(H,16,17). The van der Waals surface area contributed by atoms with Crippen LogP contribution in [-0.2, 0) is 6.54 Å². The highest BCUT2D eigenvalue weighted by atomic mass is 16.5. The first-order valence-electron chi connectivity index (χ1n) is 6.43. The fourth-order valence-corrected chi connectivity index (χ4v) is 2.22.